The predicted molar refractivity (Wildman–Crippen MR) is 145 cm³/mol. The molecule has 3 aromatic carbocycles. The number of alkyl halides is 3. The lowest BCUT2D eigenvalue weighted by molar-refractivity contribution is -0.274. The van der Waals surface area contributed by atoms with E-state index in [0.717, 1.165) is 5.56 Å². The van der Waals surface area contributed by atoms with E-state index >= 15 is 0 Å². The molecule has 1 N–H and O–H groups in total. The Kier molecular flexibility index (Phi) is 8.35. The van der Waals surface area contributed by atoms with E-state index < -0.39 is 23.9 Å². The van der Waals surface area contributed by atoms with Crippen molar-refractivity contribution in [2.75, 3.05) is 4.90 Å². The largest absolute Gasteiger partial charge is 0.573 e. The third-order valence-electron chi connectivity index (χ3n) is 7.22. The highest BCUT2D eigenvalue weighted by atomic mass is 35.5. The lowest BCUT2D eigenvalue weighted by Crippen LogP contribution is -2.40. The Morgan fingerprint density at radius 1 is 0.975 bits per heavy atom. The zero-order valence-corrected chi connectivity index (χ0v) is 22.9. The first-order valence-corrected chi connectivity index (χ1v) is 13.2. The maximum absolute atomic E-state index is 13.8. The summed E-state index contributed by atoms with van der Waals surface area (Å²) >= 11 is 6.01. The summed E-state index contributed by atoms with van der Waals surface area (Å²) in [6.45, 7) is 5.35. The van der Waals surface area contributed by atoms with E-state index in [2.05, 4.69) is 4.74 Å². The monoisotopic (exact) mass is 575 g/mol. The maximum Gasteiger partial charge on any atom is 0.573 e. The molecule has 1 aliphatic heterocycles. The van der Waals surface area contributed by atoms with E-state index in [1.165, 1.54) is 25.1 Å². The summed E-state index contributed by atoms with van der Waals surface area (Å²) in [6.07, 6.45) is -4.11. The summed E-state index contributed by atoms with van der Waals surface area (Å²) < 4.78 is 49.2. The topological polar surface area (TPSA) is 76.1 Å². The van der Waals surface area contributed by atoms with Gasteiger partial charge in [0, 0.05) is 34.9 Å². The molecule has 0 bridgehead atoms. The Labute approximate surface area is 235 Å². The molecule has 0 fully saturated rings. The van der Waals surface area contributed by atoms with Gasteiger partial charge in [0.05, 0.1) is 5.92 Å². The van der Waals surface area contributed by atoms with Crippen LogP contribution in [-0.2, 0) is 11.3 Å². The molecular weight excluding hydrogens is 547 g/mol. The van der Waals surface area contributed by atoms with Gasteiger partial charge in [-0.3, -0.25) is 4.79 Å². The number of Topliss-reactive ketones (excluding diaryl/α,β-unsaturated/α-hetero) is 1. The molecule has 0 radical (unpaired) electrons. The lowest BCUT2D eigenvalue weighted by Gasteiger charge is -2.30. The van der Waals surface area contributed by atoms with Crippen molar-refractivity contribution in [2.24, 2.45) is 0 Å². The van der Waals surface area contributed by atoms with Gasteiger partial charge in [-0.1, -0.05) is 43.6 Å². The van der Waals surface area contributed by atoms with E-state index in [1.54, 1.807) is 49.4 Å². The van der Waals surface area contributed by atoms with E-state index in [4.69, 9.17) is 16.3 Å². The number of carboxylic acid groups (broad SMARTS) is 1. The first-order chi connectivity index (χ1) is 18.8. The van der Waals surface area contributed by atoms with Crippen molar-refractivity contribution in [3.05, 3.63) is 88.4 Å². The SMILES string of the molecule is CCC1C(C(=O)c2ccc(Cl)cc2)c2ccc(OC(F)(F)F)cc2N1Cc1cccc(OC(C)(CC)C(=O)O)c1. The second-order valence-corrected chi connectivity index (χ2v) is 10.3. The van der Waals surface area contributed by atoms with Gasteiger partial charge in [0.2, 0.25) is 5.60 Å². The number of carbonyl (C=O) groups excluding carboxylic acids is 1. The van der Waals surface area contributed by atoms with E-state index in [0.29, 0.717) is 34.0 Å². The molecule has 0 spiro atoms. The Bertz CT molecular complexity index is 1390. The van der Waals surface area contributed by atoms with Crippen molar-refractivity contribution < 1.29 is 37.3 Å². The van der Waals surface area contributed by atoms with Crippen LogP contribution in [0.1, 0.15) is 61.0 Å². The fraction of sp³-hybridized carbons (Fsp3) is 0.333. The average Bonchev–Trinajstić information content (AvgIpc) is 3.20. The molecule has 0 saturated heterocycles. The smallest absolute Gasteiger partial charge is 0.478 e. The molecule has 10 heteroatoms. The second kappa shape index (κ2) is 11.4. The van der Waals surface area contributed by atoms with Crippen LogP contribution in [-0.4, -0.2) is 34.9 Å². The van der Waals surface area contributed by atoms with E-state index in [1.807, 2.05) is 17.9 Å². The zero-order chi connectivity index (χ0) is 29.2. The Balaban J connectivity index is 1.74. The van der Waals surface area contributed by atoms with Crippen LogP contribution in [0.3, 0.4) is 0 Å². The summed E-state index contributed by atoms with van der Waals surface area (Å²) in [5.74, 6) is -1.95. The summed E-state index contributed by atoms with van der Waals surface area (Å²) in [6, 6.07) is 17.1. The van der Waals surface area contributed by atoms with Crippen molar-refractivity contribution in [2.45, 2.75) is 64.1 Å². The molecule has 0 aromatic heterocycles. The molecule has 3 aromatic rings. The van der Waals surface area contributed by atoms with Gasteiger partial charge >= 0.3 is 12.3 Å². The summed E-state index contributed by atoms with van der Waals surface area (Å²) in [5, 5.41) is 10.1. The molecule has 1 heterocycles. The molecule has 1 aliphatic rings. The van der Waals surface area contributed by atoms with Crippen molar-refractivity contribution in [3.63, 3.8) is 0 Å². The highest BCUT2D eigenvalue weighted by Gasteiger charge is 2.43. The van der Waals surface area contributed by atoms with Crippen LogP contribution in [0.5, 0.6) is 11.5 Å². The van der Waals surface area contributed by atoms with Crippen LogP contribution in [0.2, 0.25) is 5.02 Å². The van der Waals surface area contributed by atoms with Crippen molar-refractivity contribution in [3.8, 4) is 11.5 Å². The van der Waals surface area contributed by atoms with Crippen LogP contribution in [0.4, 0.5) is 18.9 Å². The highest BCUT2D eigenvalue weighted by molar-refractivity contribution is 6.30. The van der Waals surface area contributed by atoms with Gasteiger partial charge in [0.25, 0.3) is 0 Å². The first-order valence-electron chi connectivity index (χ1n) is 12.8. The molecule has 3 unspecified atom stereocenters. The van der Waals surface area contributed by atoms with E-state index in [-0.39, 0.29) is 30.5 Å². The summed E-state index contributed by atoms with van der Waals surface area (Å²) in [7, 11) is 0. The van der Waals surface area contributed by atoms with Gasteiger partial charge < -0.3 is 19.5 Å². The zero-order valence-electron chi connectivity index (χ0n) is 22.2. The number of carbonyl (C=O) groups is 2. The van der Waals surface area contributed by atoms with Gasteiger partial charge in [-0.15, -0.1) is 13.2 Å². The predicted octanol–water partition coefficient (Wildman–Crippen LogP) is 7.64. The van der Waals surface area contributed by atoms with Gasteiger partial charge in [0.1, 0.15) is 11.5 Å². The first kappa shape index (κ1) is 29.3. The van der Waals surface area contributed by atoms with Crippen molar-refractivity contribution in [1.82, 2.24) is 0 Å². The number of benzene rings is 3. The minimum Gasteiger partial charge on any atom is -0.478 e. The number of ether oxygens (including phenoxy) is 2. The molecule has 0 aliphatic carbocycles. The number of hydrogen-bond donors (Lipinski definition) is 1. The van der Waals surface area contributed by atoms with Gasteiger partial charge in [-0.2, -0.15) is 0 Å². The Morgan fingerprint density at radius 3 is 2.25 bits per heavy atom. The molecule has 0 amide bonds. The minimum atomic E-state index is -4.87. The molecule has 0 saturated carbocycles. The third kappa shape index (κ3) is 6.20. The minimum absolute atomic E-state index is 0.172. The van der Waals surface area contributed by atoms with Crippen molar-refractivity contribution >= 4 is 29.0 Å². The number of aliphatic carboxylic acids is 1. The van der Waals surface area contributed by atoms with Gasteiger partial charge in [-0.25, -0.2) is 4.79 Å². The van der Waals surface area contributed by atoms with Crippen LogP contribution < -0.4 is 14.4 Å². The molecule has 4 rings (SSSR count). The van der Waals surface area contributed by atoms with Crippen LogP contribution >= 0.6 is 11.6 Å². The van der Waals surface area contributed by atoms with E-state index in [9.17, 15) is 27.9 Å². The van der Waals surface area contributed by atoms with Crippen LogP contribution in [0, 0.1) is 0 Å². The Hall–Kier alpha value is -3.72. The van der Waals surface area contributed by atoms with Crippen LogP contribution in [0.25, 0.3) is 0 Å². The highest BCUT2D eigenvalue weighted by Crippen LogP contribution is 2.47. The summed E-state index contributed by atoms with van der Waals surface area (Å²) in [5.41, 5.74) is 0.797. The molecule has 6 nitrogen and oxygen atoms in total. The number of hydrogen-bond acceptors (Lipinski definition) is 5. The van der Waals surface area contributed by atoms with Crippen molar-refractivity contribution in [1.29, 1.82) is 0 Å². The standard InChI is InChI=1S/C30H29ClF3NO5/c1-4-24-26(27(36)19-9-11-20(31)12-10-19)23-14-13-22(40-30(32,33)34)16-25(23)35(24)17-18-7-6-8-21(15-18)39-29(3,5-2)28(37)38/h6-16,24,26H,4-5,17H2,1-3H3,(H,37,38). The third-order valence-corrected chi connectivity index (χ3v) is 7.47. The number of fused-ring (bicyclic) bond motifs is 1. The maximum atomic E-state index is 13.8. The number of carboxylic acids is 1. The molecule has 212 valence electrons. The number of halogens is 4. The molecular formula is C30H29ClF3NO5. The normalized spacial score (nSPS) is 18.1. The fourth-order valence-corrected chi connectivity index (χ4v) is 5.12. The summed E-state index contributed by atoms with van der Waals surface area (Å²) in [4.78, 5) is 27.4. The second-order valence-electron chi connectivity index (χ2n) is 9.86. The van der Waals surface area contributed by atoms with Gasteiger partial charge in [-0.05, 0) is 73.4 Å². The number of anilines is 1. The average molecular weight is 576 g/mol. The quantitative estimate of drug-likeness (QED) is 0.250. The fourth-order valence-electron chi connectivity index (χ4n) is 5.00. The number of rotatable bonds is 10. The molecule has 40 heavy (non-hydrogen) atoms. The number of nitrogens with zero attached hydrogens (tertiary/aromatic N) is 1. The van der Waals surface area contributed by atoms with Crippen LogP contribution in [0.15, 0.2) is 66.7 Å². The Morgan fingerprint density at radius 2 is 1.65 bits per heavy atom. The molecule has 3 atom stereocenters. The number of ketones is 1. The van der Waals surface area contributed by atoms with Gasteiger partial charge in [0.15, 0.2) is 5.78 Å². The lowest BCUT2D eigenvalue weighted by atomic mass is 9.86.